The van der Waals surface area contributed by atoms with Gasteiger partial charge in [-0.25, -0.2) is 4.52 Å². The number of carbonyl (C=O) groups is 1. The molecule has 3 rings (SSSR count). The first-order valence-corrected chi connectivity index (χ1v) is 4.94. The molecule has 0 spiro atoms. The molecule has 2 aromatic heterocycles. The Morgan fingerprint density at radius 1 is 1.33 bits per heavy atom. The summed E-state index contributed by atoms with van der Waals surface area (Å²) in [6, 6.07) is 3.67. The number of carbonyl (C=O) groups excluding carboxylic acids is 1. The molecule has 1 aliphatic heterocycles. The Balaban J connectivity index is 1.99. The maximum Gasteiger partial charge on any atom is 0.255 e. The molecule has 0 unspecified atom stereocenters. The number of aromatic nitrogens is 3. The Hall–Kier alpha value is -1.91. The standard InChI is InChI=1S/C10H10N4O/c15-10(13-4-1-5-13)8-2-3-9-6-11-12-14(9)7-8/h2-3,6-7H,1,4-5H2. The number of nitrogens with zero attached hydrogens (tertiary/aromatic N) is 4. The summed E-state index contributed by atoms with van der Waals surface area (Å²) >= 11 is 0. The molecule has 1 fully saturated rings. The molecule has 1 saturated heterocycles. The zero-order valence-electron chi connectivity index (χ0n) is 8.13. The van der Waals surface area contributed by atoms with Crippen molar-refractivity contribution >= 4 is 11.4 Å². The van der Waals surface area contributed by atoms with E-state index in [0.717, 1.165) is 25.0 Å². The molecular formula is C10H10N4O. The number of hydrogen-bond acceptors (Lipinski definition) is 3. The lowest BCUT2D eigenvalue weighted by atomic mass is 10.1. The van der Waals surface area contributed by atoms with E-state index in [4.69, 9.17) is 0 Å². The van der Waals surface area contributed by atoms with Gasteiger partial charge in [0, 0.05) is 19.3 Å². The van der Waals surface area contributed by atoms with Gasteiger partial charge in [-0.2, -0.15) is 0 Å². The molecule has 0 aromatic carbocycles. The van der Waals surface area contributed by atoms with Crippen LogP contribution < -0.4 is 0 Å². The predicted octanol–water partition coefficient (Wildman–Crippen LogP) is 0.575. The molecule has 0 N–H and O–H groups in total. The summed E-state index contributed by atoms with van der Waals surface area (Å²) in [7, 11) is 0. The van der Waals surface area contributed by atoms with Gasteiger partial charge < -0.3 is 4.90 Å². The first-order valence-electron chi connectivity index (χ1n) is 4.94. The Morgan fingerprint density at radius 2 is 2.20 bits per heavy atom. The van der Waals surface area contributed by atoms with E-state index in [1.807, 2.05) is 17.0 Å². The highest BCUT2D eigenvalue weighted by atomic mass is 16.2. The minimum Gasteiger partial charge on any atom is -0.338 e. The zero-order valence-corrected chi connectivity index (χ0v) is 8.13. The van der Waals surface area contributed by atoms with Crippen LogP contribution in [0.5, 0.6) is 0 Å². The Labute approximate surface area is 86.3 Å². The molecule has 0 aliphatic carbocycles. The number of pyridine rings is 1. The van der Waals surface area contributed by atoms with Crippen molar-refractivity contribution in [3.05, 3.63) is 30.1 Å². The highest BCUT2D eigenvalue weighted by molar-refractivity contribution is 5.94. The molecule has 1 amide bonds. The Morgan fingerprint density at radius 3 is 2.93 bits per heavy atom. The molecular weight excluding hydrogens is 192 g/mol. The van der Waals surface area contributed by atoms with Gasteiger partial charge in [-0.3, -0.25) is 4.79 Å². The summed E-state index contributed by atoms with van der Waals surface area (Å²) in [5, 5.41) is 7.63. The largest absolute Gasteiger partial charge is 0.338 e. The van der Waals surface area contributed by atoms with Gasteiger partial charge in [0.2, 0.25) is 0 Å². The summed E-state index contributed by atoms with van der Waals surface area (Å²) < 4.78 is 1.62. The average molecular weight is 202 g/mol. The Kier molecular flexibility index (Phi) is 1.71. The molecule has 76 valence electrons. The fraction of sp³-hybridized carbons (Fsp3) is 0.300. The topological polar surface area (TPSA) is 50.5 Å². The third-order valence-corrected chi connectivity index (χ3v) is 2.69. The second-order valence-corrected chi connectivity index (χ2v) is 3.67. The first kappa shape index (κ1) is 8.40. The number of amides is 1. The molecule has 15 heavy (non-hydrogen) atoms. The monoisotopic (exact) mass is 202 g/mol. The second kappa shape index (κ2) is 3.05. The van der Waals surface area contributed by atoms with E-state index >= 15 is 0 Å². The summed E-state index contributed by atoms with van der Waals surface area (Å²) in [6.45, 7) is 1.74. The summed E-state index contributed by atoms with van der Waals surface area (Å²) in [6.07, 6.45) is 4.50. The maximum atomic E-state index is 11.9. The molecule has 0 atom stereocenters. The zero-order chi connectivity index (χ0) is 10.3. The van der Waals surface area contributed by atoms with E-state index in [1.54, 1.807) is 16.9 Å². The van der Waals surface area contributed by atoms with Gasteiger partial charge in [-0.05, 0) is 18.6 Å². The van der Waals surface area contributed by atoms with Crippen molar-refractivity contribution in [1.82, 2.24) is 19.7 Å². The van der Waals surface area contributed by atoms with E-state index in [0.29, 0.717) is 5.56 Å². The fourth-order valence-electron chi connectivity index (χ4n) is 1.65. The van der Waals surface area contributed by atoms with Gasteiger partial charge in [-0.1, -0.05) is 5.21 Å². The molecule has 5 nitrogen and oxygen atoms in total. The lowest BCUT2D eigenvalue weighted by Gasteiger charge is -2.30. The van der Waals surface area contributed by atoms with Crippen molar-refractivity contribution < 1.29 is 4.79 Å². The van der Waals surface area contributed by atoms with Crippen LogP contribution >= 0.6 is 0 Å². The molecule has 2 aromatic rings. The van der Waals surface area contributed by atoms with Crippen molar-refractivity contribution in [2.75, 3.05) is 13.1 Å². The van der Waals surface area contributed by atoms with E-state index in [2.05, 4.69) is 10.3 Å². The first-order chi connectivity index (χ1) is 7.34. The highest BCUT2D eigenvalue weighted by Crippen LogP contribution is 2.12. The van der Waals surface area contributed by atoms with Crippen molar-refractivity contribution in [3.63, 3.8) is 0 Å². The number of rotatable bonds is 1. The minimum atomic E-state index is 0.0821. The van der Waals surface area contributed by atoms with Crippen LogP contribution in [0.15, 0.2) is 24.5 Å². The summed E-state index contributed by atoms with van der Waals surface area (Å²) in [5.74, 6) is 0.0821. The number of hydrogen-bond donors (Lipinski definition) is 0. The molecule has 0 saturated carbocycles. The van der Waals surface area contributed by atoms with Gasteiger partial charge >= 0.3 is 0 Å². The van der Waals surface area contributed by atoms with Crippen LogP contribution in [-0.2, 0) is 0 Å². The van der Waals surface area contributed by atoms with Gasteiger partial charge in [0.05, 0.1) is 17.3 Å². The van der Waals surface area contributed by atoms with Crippen molar-refractivity contribution in [2.24, 2.45) is 0 Å². The lowest BCUT2D eigenvalue weighted by molar-refractivity contribution is 0.0651. The van der Waals surface area contributed by atoms with Crippen LogP contribution in [-0.4, -0.2) is 38.7 Å². The van der Waals surface area contributed by atoms with E-state index in [9.17, 15) is 4.79 Å². The third-order valence-electron chi connectivity index (χ3n) is 2.69. The number of likely N-dealkylation sites (tertiary alicyclic amines) is 1. The lowest BCUT2D eigenvalue weighted by Crippen LogP contribution is -2.42. The van der Waals surface area contributed by atoms with E-state index in [1.165, 1.54) is 0 Å². The van der Waals surface area contributed by atoms with Crippen LogP contribution in [0.1, 0.15) is 16.8 Å². The average Bonchev–Trinajstić information content (AvgIpc) is 2.61. The van der Waals surface area contributed by atoms with Crippen molar-refractivity contribution in [2.45, 2.75) is 6.42 Å². The molecule has 3 heterocycles. The second-order valence-electron chi connectivity index (χ2n) is 3.67. The third kappa shape index (κ3) is 1.27. The van der Waals surface area contributed by atoms with Crippen LogP contribution in [0.3, 0.4) is 0 Å². The number of fused-ring (bicyclic) bond motifs is 1. The maximum absolute atomic E-state index is 11.9. The molecule has 0 bridgehead atoms. The van der Waals surface area contributed by atoms with Gasteiger partial charge in [0.15, 0.2) is 0 Å². The molecule has 1 aliphatic rings. The van der Waals surface area contributed by atoms with Crippen LogP contribution in [0.2, 0.25) is 0 Å². The molecule has 0 radical (unpaired) electrons. The van der Waals surface area contributed by atoms with Crippen LogP contribution in [0.4, 0.5) is 0 Å². The van der Waals surface area contributed by atoms with Crippen molar-refractivity contribution in [3.8, 4) is 0 Å². The summed E-state index contributed by atoms with van der Waals surface area (Å²) in [5.41, 5.74) is 1.57. The van der Waals surface area contributed by atoms with Gasteiger partial charge in [-0.15, -0.1) is 5.10 Å². The van der Waals surface area contributed by atoms with Crippen LogP contribution in [0.25, 0.3) is 5.52 Å². The minimum absolute atomic E-state index is 0.0821. The fourth-order valence-corrected chi connectivity index (χ4v) is 1.65. The van der Waals surface area contributed by atoms with E-state index in [-0.39, 0.29) is 5.91 Å². The SMILES string of the molecule is O=C(c1ccc2cnnn2c1)N1CCC1. The Bertz CT molecular complexity index is 515. The predicted molar refractivity (Wildman–Crippen MR) is 53.5 cm³/mol. The van der Waals surface area contributed by atoms with E-state index < -0.39 is 0 Å². The van der Waals surface area contributed by atoms with Crippen LogP contribution in [0, 0.1) is 0 Å². The van der Waals surface area contributed by atoms with Gasteiger partial charge in [0.1, 0.15) is 0 Å². The normalized spacial score (nSPS) is 15.3. The highest BCUT2D eigenvalue weighted by Gasteiger charge is 2.21. The van der Waals surface area contributed by atoms with Crippen molar-refractivity contribution in [1.29, 1.82) is 0 Å². The van der Waals surface area contributed by atoms with Gasteiger partial charge in [0.25, 0.3) is 5.91 Å². The smallest absolute Gasteiger partial charge is 0.255 e. The molecule has 5 heteroatoms. The summed E-state index contributed by atoms with van der Waals surface area (Å²) in [4.78, 5) is 13.7. The quantitative estimate of drug-likeness (QED) is 0.679.